The van der Waals surface area contributed by atoms with Crippen LogP contribution in [0.4, 0.5) is 0 Å². The molecule has 132 valence electrons. The smallest absolute Gasteiger partial charge is 0.255 e. The van der Waals surface area contributed by atoms with Crippen LogP contribution in [0.25, 0.3) is 11.3 Å². The highest BCUT2D eigenvalue weighted by Crippen LogP contribution is 2.26. The lowest BCUT2D eigenvalue weighted by Gasteiger charge is -2.28. The lowest BCUT2D eigenvalue weighted by molar-refractivity contribution is 0.0734. The van der Waals surface area contributed by atoms with Gasteiger partial charge in [0.25, 0.3) is 5.91 Å². The summed E-state index contributed by atoms with van der Waals surface area (Å²) in [5.74, 6) is 0.114. The second kappa shape index (κ2) is 6.49. The van der Waals surface area contributed by atoms with E-state index in [9.17, 15) is 4.79 Å². The van der Waals surface area contributed by atoms with Crippen LogP contribution in [0.5, 0.6) is 0 Å². The van der Waals surface area contributed by atoms with Gasteiger partial charge in [0.15, 0.2) is 0 Å². The minimum absolute atomic E-state index is 0.114. The fourth-order valence-electron chi connectivity index (χ4n) is 3.68. The van der Waals surface area contributed by atoms with Crippen molar-refractivity contribution in [1.82, 2.24) is 9.88 Å². The van der Waals surface area contributed by atoms with Crippen LogP contribution >= 0.6 is 0 Å². The maximum absolute atomic E-state index is 13.1. The number of nitrogens with zero attached hydrogens (tertiary/aromatic N) is 1. The molecule has 0 radical (unpaired) electrons. The fourth-order valence-corrected chi connectivity index (χ4v) is 3.68. The Balaban J connectivity index is 1.61. The van der Waals surface area contributed by atoms with Crippen molar-refractivity contribution in [3.63, 3.8) is 0 Å². The molecule has 3 aromatic rings. The number of amides is 1. The summed E-state index contributed by atoms with van der Waals surface area (Å²) >= 11 is 0. The molecule has 0 saturated carbocycles. The predicted octanol–water partition coefficient (Wildman–Crippen LogP) is 4.81. The maximum atomic E-state index is 13.1. The van der Waals surface area contributed by atoms with Gasteiger partial charge in [0.2, 0.25) is 0 Å². The first-order chi connectivity index (χ1) is 12.5. The van der Waals surface area contributed by atoms with Gasteiger partial charge in [-0.15, -0.1) is 0 Å². The Labute approximate surface area is 154 Å². The van der Waals surface area contributed by atoms with Crippen LogP contribution in [0.3, 0.4) is 0 Å². The van der Waals surface area contributed by atoms with Gasteiger partial charge in [-0.1, -0.05) is 36.4 Å². The van der Waals surface area contributed by atoms with Crippen LogP contribution in [0, 0.1) is 20.8 Å². The highest BCUT2D eigenvalue weighted by molar-refractivity contribution is 5.97. The quantitative estimate of drug-likeness (QED) is 0.712. The van der Waals surface area contributed by atoms with Crippen molar-refractivity contribution in [2.75, 3.05) is 6.54 Å². The van der Waals surface area contributed by atoms with Crippen LogP contribution in [0.2, 0.25) is 0 Å². The van der Waals surface area contributed by atoms with E-state index in [0.29, 0.717) is 6.54 Å². The molecule has 0 unspecified atom stereocenters. The molecule has 0 fully saturated rings. The third kappa shape index (κ3) is 2.94. The number of hydrogen-bond acceptors (Lipinski definition) is 1. The molecule has 2 heterocycles. The summed E-state index contributed by atoms with van der Waals surface area (Å²) in [4.78, 5) is 18.5. The molecule has 1 N–H and O–H groups in total. The summed E-state index contributed by atoms with van der Waals surface area (Å²) in [6, 6.07) is 16.8. The molecule has 0 saturated heterocycles. The normalized spacial score (nSPS) is 13.6. The molecule has 4 rings (SSSR count). The fraction of sp³-hybridized carbons (Fsp3) is 0.261. The van der Waals surface area contributed by atoms with Gasteiger partial charge >= 0.3 is 0 Å². The molecule has 3 nitrogen and oxygen atoms in total. The Hall–Kier alpha value is -2.81. The van der Waals surface area contributed by atoms with E-state index in [1.807, 2.05) is 24.0 Å². The van der Waals surface area contributed by atoms with Crippen molar-refractivity contribution in [3.8, 4) is 11.3 Å². The Morgan fingerprint density at radius 1 is 0.962 bits per heavy atom. The molecule has 0 spiro atoms. The number of rotatable bonds is 2. The van der Waals surface area contributed by atoms with E-state index in [4.69, 9.17) is 0 Å². The van der Waals surface area contributed by atoms with E-state index in [2.05, 4.69) is 55.2 Å². The summed E-state index contributed by atoms with van der Waals surface area (Å²) in [6.07, 6.45) is 0.926. The third-order valence-corrected chi connectivity index (χ3v) is 5.48. The second-order valence-electron chi connectivity index (χ2n) is 7.27. The minimum Gasteiger partial charge on any atom is -0.358 e. The summed E-state index contributed by atoms with van der Waals surface area (Å²) in [5, 5.41) is 0. The first-order valence-electron chi connectivity index (χ1n) is 9.16. The number of aromatic amines is 1. The molecule has 1 aliphatic heterocycles. The monoisotopic (exact) mass is 344 g/mol. The van der Waals surface area contributed by atoms with Crippen molar-refractivity contribution < 1.29 is 4.79 Å². The standard InChI is InChI=1S/C23H24N2O/c1-15-8-9-19(12-16(15)2)22-13-21(17(3)24-22)23(26)25-11-10-18-6-4-5-7-20(18)14-25/h4-9,12-13,24H,10-11,14H2,1-3H3. The van der Waals surface area contributed by atoms with Crippen molar-refractivity contribution in [3.05, 3.63) is 82.0 Å². The largest absolute Gasteiger partial charge is 0.358 e. The van der Waals surface area contributed by atoms with Gasteiger partial charge in [-0.05, 0) is 67.1 Å². The maximum Gasteiger partial charge on any atom is 0.255 e. The van der Waals surface area contributed by atoms with E-state index < -0.39 is 0 Å². The number of aromatic nitrogens is 1. The molecule has 1 aliphatic rings. The number of carbonyl (C=O) groups excluding carboxylic acids is 1. The van der Waals surface area contributed by atoms with Crippen LogP contribution in [-0.4, -0.2) is 22.3 Å². The minimum atomic E-state index is 0.114. The Morgan fingerprint density at radius 2 is 1.73 bits per heavy atom. The first kappa shape index (κ1) is 16.6. The van der Waals surface area contributed by atoms with Gasteiger partial charge in [-0.2, -0.15) is 0 Å². The second-order valence-corrected chi connectivity index (χ2v) is 7.27. The van der Waals surface area contributed by atoms with Crippen molar-refractivity contribution in [2.24, 2.45) is 0 Å². The van der Waals surface area contributed by atoms with Crippen LogP contribution in [0.1, 0.15) is 38.3 Å². The van der Waals surface area contributed by atoms with E-state index in [-0.39, 0.29) is 5.91 Å². The van der Waals surface area contributed by atoms with Gasteiger partial charge in [-0.25, -0.2) is 0 Å². The van der Waals surface area contributed by atoms with E-state index >= 15 is 0 Å². The van der Waals surface area contributed by atoms with Crippen LogP contribution < -0.4 is 0 Å². The molecule has 0 atom stereocenters. The highest BCUT2D eigenvalue weighted by atomic mass is 16.2. The molecule has 0 bridgehead atoms. The number of carbonyl (C=O) groups is 1. The Kier molecular flexibility index (Phi) is 4.15. The average Bonchev–Trinajstić information content (AvgIpc) is 3.04. The number of aryl methyl sites for hydroxylation is 3. The van der Waals surface area contributed by atoms with Gasteiger partial charge in [0.05, 0.1) is 5.56 Å². The zero-order chi connectivity index (χ0) is 18.3. The summed E-state index contributed by atoms with van der Waals surface area (Å²) in [5.41, 5.74) is 8.99. The molecule has 0 aliphatic carbocycles. The molecule has 1 aromatic heterocycles. The zero-order valence-electron chi connectivity index (χ0n) is 15.6. The summed E-state index contributed by atoms with van der Waals surface area (Å²) in [7, 11) is 0. The van der Waals surface area contributed by atoms with Gasteiger partial charge in [0, 0.05) is 24.5 Å². The first-order valence-corrected chi connectivity index (χ1v) is 9.16. The molecule has 3 heteroatoms. The Bertz CT molecular complexity index is 984. The van der Waals surface area contributed by atoms with Gasteiger partial charge in [0.1, 0.15) is 0 Å². The summed E-state index contributed by atoms with van der Waals surface area (Å²) < 4.78 is 0. The molecular formula is C23H24N2O. The lowest BCUT2D eigenvalue weighted by atomic mass is 9.99. The highest BCUT2D eigenvalue weighted by Gasteiger charge is 2.24. The van der Waals surface area contributed by atoms with Gasteiger partial charge < -0.3 is 9.88 Å². The number of nitrogens with one attached hydrogen (secondary N) is 1. The van der Waals surface area contributed by atoms with Crippen molar-refractivity contribution in [1.29, 1.82) is 0 Å². The predicted molar refractivity (Wildman–Crippen MR) is 105 cm³/mol. The number of hydrogen-bond donors (Lipinski definition) is 1. The van der Waals surface area contributed by atoms with Gasteiger partial charge in [-0.3, -0.25) is 4.79 Å². The zero-order valence-corrected chi connectivity index (χ0v) is 15.6. The Morgan fingerprint density at radius 3 is 2.50 bits per heavy atom. The van der Waals surface area contributed by atoms with Crippen molar-refractivity contribution >= 4 is 5.91 Å². The third-order valence-electron chi connectivity index (χ3n) is 5.48. The number of benzene rings is 2. The lowest BCUT2D eigenvalue weighted by Crippen LogP contribution is -2.36. The summed E-state index contributed by atoms with van der Waals surface area (Å²) in [6.45, 7) is 7.68. The van der Waals surface area contributed by atoms with Crippen LogP contribution in [0.15, 0.2) is 48.5 Å². The molecular weight excluding hydrogens is 320 g/mol. The molecule has 1 amide bonds. The van der Waals surface area contributed by atoms with Crippen molar-refractivity contribution in [2.45, 2.75) is 33.7 Å². The topological polar surface area (TPSA) is 36.1 Å². The van der Waals surface area contributed by atoms with E-state index in [0.717, 1.165) is 35.5 Å². The average molecular weight is 344 g/mol. The molecule has 26 heavy (non-hydrogen) atoms. The number of H-pyrrole nitrogens is 1. The van der Waals surface area contributed by atoms with E-state index in [1.54, 1.807) is 0 Å². The van der Waals surface area contributed by atoms with E-state index in [1.165, 1.54) is 22.3 Å². The molecule has 2 aromatic carbocycles. The SMILES string of the molecule is Cc1ccc(-c2cc(C(=O)N3CCc4ccccc4C3)c(C)[nH]2)cc1C. The van der Waals surface area contributed by atoms with Crippen LogP contribution in [-0.2, 0) is 13.0 Å². The number of fused-ring (bicyclic) bond motifs is 1.